The highest BCUT2D eigenvalue weighted by Crippen LogP contribution is 2.17. The van der Waals surface area contributed by atoms with Gasteiger partial charge in [-0.2, -0.15) is 0 Å². The number of nitrogens with two attached hydrogens (primary N) is 1. The number of hydrogen-bond acceptors (Lipinski definition) is 15. The van der Waals surface area contributed by atoms with Crippen LogP contribution in [0.2, 0.25) is 0 Å². The highest BCUT2D eigenvalue weighted by atomic mass is 16.4. The number of carboxylic acids is 1. The first kappa shape index (κ1) is 63.0. The van der Waals surface area contributed by atoms with Gasteiger partial charge in [-0.05, 0) is 84.7 Å². The molecule has 1 heterocycles. The van der Waals surface area contributed by atoms with Gasteiger partial charge >= 0.3 is 5.97 Å². The van der Waals surface area contributed by atoms with E-state index in [0.717, 1.165) is 20.3 Å². The topological polar surface area (TPSA) is 406 Å². The van der Waals surface area contributed by atoms with Gasteiger partial charge in [0.05, 0.1) is 24.9 Å². The summed E-state index contributed by atoms with van der Waals surface area (Å²) in [5, 5.41) is 62.1. The molecule has 0 aromatic carbocycles. The standard InChI is InChI=1S/C45H79N11O15/c1-12-22(6)33(53-40(65)30-14-13-17-56(30)11)42(67)52-32(21(4)5)41(66)51-29(19-57)39(64)49-27(15-16-31(46)60)37(62)54-35(26(10)59)44(69)55-34(25(9)58)43(68)47-23(7)36(61)50-28(18-20(2)3)38(63)48-24(8)45(70)71/h20-30,32-35,57-59H,12-19H2,1-11H3,(H2,46,60)(H,47,68)(H,48,63)(H,49,64)(H,50,61)(H,51,66)(H,52,67)(H,53,65)(H,54,62)(H,55,69)(H,70,71)/t22-,23-,24-,25+,26+,27-,28-,29-,30-,32-,33-,34-,35-/m0/s1. The summed E-state index contributed by atoms with van der Waals surface area (Å²) in [6, 6.07) is -13.8. The lowest BCUT2D eigenvalue weighted by molar-refractivity contribution is -0.142. The van der Waals surface area contributed by atoms with Gasteiger partial charge in [0.2, 0.25) is 59.1 Å². The Morgan fingerprint density at radius 3 is 1.49 bits per heavy atom. The zero-order valence-electron chi connectivity index (χ0n) is 42.6. The number of carboxylic acid groups (broad SMARTS) is 1. The van der Waals surface area contributed by atoms with E-state index in [2.05, 4.69) is 47.9 Å². The maximum absolute atomic E-state index is 13.7. The number of likely N-dealkylation sites (tertiary alicyclic amines) is 1. The van der Waals surface area contributed by atoms with Crippen LogP contribution in [0.1, 0.15) is 108 Å². The lowest BCUT2D eigenvalue weighted by Gasteiger charge is -2.30. The Bertz CT molecular complexity index is 1880. The third-order valence-corrected chi connectivity index (χ3v) is 11.9. The van der Waals surface area contributed by atoms with E-state index < -0.39 is 157 Å². The van der Waals surface area contributed by atoms with Gasteiger partial charge in [0.15, 0.2) is 0 Å². The summed E-state index contributed by atoms with van der Waals surface area (Å²) in [6.07, 6.45) is -2.35. The Balaban J connectivity index is 3.22. The van der Waals surface area contributed by atoms with Gasteiger partial charge in [0.25, 0.3) is 0 Å². The Morgan fingerprint density at radius 1 is 0.577 bits per heavy atom. The molecule has 13 atom stereocenters. The largest absolute Gasteiger partial charge is 0.480 e. The summed E-state index contributed by atoms with van der Waals surface area (Å²) in [4.78, 5) is 146. The van der Waals surface area contributed by atoms with Gasteiger partial charge < -0.3 is 74.0 Å². The van der Waals surface area contributed by atoms with E-state index in [0.29, 0.717) is 19.4 Å². The molecule has 0 aliphatic carbocycles. The summed E-state index contributed by atoms with van der Waals surface area (Å²) in [5.41, 5.74) is 5.31. The maximum atomic E-state index is 13.7. The van der Waals surface area contributed by atoms with Crippen molar-refractivity contribution in [2.45, 2.75) is 180 Å². The molecule has 1 rings (SSSR count). The third kappa shape index (κ3) is 20.7. The molecule has 1 aliphatic heterocycles. The number of carbonyl (C=O) groups is 11. The van der Waals surface area contributed by atoms with Crippen molar-refractivity contribution in [2.24, 2.45) is 23.5 Å². The van der Waals surface area contributed by atoms with Crippen LogP contribution < -0.4 is 53.6 Å². The van der Waals surface area contributed by atoms with Crippen LogP contribution >= 0.6 is 0 Å². The van der Waals surface area contributed by atoms with Crippen molar-refractivity contribution in [1.29, 1.82) is 0 Å². The summed E-state index contributed by atoms with van der Waals surface area (Å²) in [5.74, 6) is -11.6. The first-order chi connectivity index (χ1) is 33.0. The van der Waals surface area contributed by atoms with Crippen molar-refractivity contribution >= 4 is 65.0 Å². The fraction of sp³-hybridized carbons (Fsp3) is 0.756. The summed E-state index contributed by atoms with van der Waals surface area (Å²) in [6.45, 7) is 14.7. The average Bonchev–Trinajstić information content (AvgIpc) is 3.72. The van der Waals surface area contributed by atoms with Crippen molar-refractivity contribution in [2.75, 3.05) is 20.2 Å². The van der Waals surface area contributed by atoms with E-state index in [4.69, 9.17) is 5.73 Å². The fourth-order valence-corrected chi connectivity index (χ4v) is 7.31. The second-order valence-corrected chi connectivity index (χ2v) is 19.0. The molecular weight excluding hydrogens is 935 g/mol. The summed E-state index contributed by atoms with van der Waals surface area (Å²) in [7, 11) is 1.81. The lowest BCUT2D eigenvalue weighted by atomic mass is 9.96. The number of aliphatic hydroxyl groups excluding tert-OH is 3. The number of carbonyl (C=O) groups excluding carboxylic acids is 10. The van der Waals surface area contributed by atoms with Crippen molar-refractivity contribution in [3.05, 3.63) is 0 Å². The fourth-order valence-electron chi connectivity index (χ4n) is 7.31. The molecule has 0 radical (unpaired) electrons. The van der Waals surface area contributed by atoms with E-state index in [1.807, 2.05) is 11.8 Å². The highest BCUT2D eigenvalue weighted by molar-refractivity contribution is 5.99. The smallest absolute Gasteiger partial charge is 0.325 e. The lowest BCUT2D eigenvalue weighted by Crippen LogP contribution is -2.63. The molecule has 0 saturated carbocycles. The number of primary amides is 1. The van der Waals surface area contributed by atoms with Gasteiger partial charge in [-0.1, -0.05) is 48.0 Å². The second kappa shape index (κ2) is 30.0. The predicted molar refractivity (Wildman–Crippen MR) is 255 cm³/mol. The molecule has 1 saturated heterocycles. The van der Waals surface area contributed by atoms with Crippen LogP contribution in [-0.4, -0.2) is 183 Å². The summed E-state index contributed by atoms with van der Waals surface area (Å²) < 4.78 is 0. The molecule has 404 valence electrons. The van der Waals surface area contributed by atoms with E-state index in [-0.39, 0.29) is 24.2 Å². The molecule has 0 bridgehead atoms. The monoisotopic (exact) mass is 1010 g/mol. The molecule has 0 aromatic rings. The van der Waals surface area contributed by atoms with Crippen molar-refractivity contribution in [3.8, 4) is 0 Å². The average molecular weight is 1010 g/mol. The van der Waals surface area contributed by atoms with E-state index in [9.17, 15) is 73.2 Å². The predicted octanol–water partition coefficient (Wildman–Crippen LogP) is -4.66. The minimum absolute atomic E-state index is 0.0936. The van der Waals surface area contributed by atoms with Gasteiger partial charge in [0, 0.05) is 6.42 Å². The van der Waals surface area contributed by atoms with Gasteiger partial charge in [-0.3, -0.25) is 57.6 Å². The van der Waals surface area contributed by atoms with Crippen molar-refractivity contribution in [1.82, 2.24) is 52.8 Å². The Hall–Kier alpha value is -5.99. The number of aliphatic hydroxyl groups is 3. The minimum Gasteiger partial charge on any atom is -0.480 e. The molecule has 15 N–H and O–H groups in total. The molecule has 10 amide bonds. The number of amides is 10. The Morgan fingerprint density at radius 2 is 1.03 bits per heavy atom. The minimum atomic E-state index is -1.90. The molecule has 1 fully saturated rings. The Kier molecular flexibility index (Phi) is 26.6. The van der Waals surface area contributed by atoms with Crippen molar-refractivity contribution < 1.29 is 73.2 Å². The molecule has 0 aromatic heterocycles. The zero-order valence-corrected chi connectivity index (χ0v) is 42.6. The normalized spacial score (nSPS) is 18.8. The van der Waals surface area contributed by atoms with E-state index in [1.165, 1.54) is 13.8 Å². The maximum Gasteiger partial charge on any atom is 0.325 e. The first-order valence-electron chi connectivity index (χ1n) is 23.9. The molecular formula is C45H79N11O15. The number of nitrogens with one attached hydrogen (secondary N) is 9. The Labute approximate surface area is 414 Å². The van der Waals surface area contributed by atoms with Crippen LogP contribution in [0, 0.1) is 17.8 Å². The molecule has 1 aliphatic rings. The number of hydrogen-bond donors (Lipinski definition) is 14. The van der Waals surface area contributed by atoms with Crippen LogP contribution in [0.3, 0.4) is 0 Å². The van der Waals surface area contributed by atoms with Gasteiger partial charge in [-0.25, -0.2) is 0 Å². The molecule has 26 heteroatoms. The van der Waals surface area contributed by atoms with Crippen LogP contribution in [0.25, 0.3) is 0 Å². The number of likely N-dealkylation sites (N-methyl/N-ethyl adjacent to an activating group) is 1. The first-order valence-corrected chi connectivity index (χ1v) is 23.9. The van der Waals surface area contributed by atoms with Gasteiger partial charge in [0.1, 0.15) is 54.4 Å². The van der Waals surface area contributed by atoms with Crippen LogP contribution in [0.4, 0.5) is 0 Å². The molecule has 0 unspecified atom stereocenters. The van der Waals surface area contributed by atoms with Crippen LogP contribution in [-0.2, 0) is 52.7 Å². The van der Waals surface area contributed by atoms with Crippen molar-refractivity contribution in [3.63, 3.8) is 0 Å². The van der Waals surface area contributed by atoms with E-state index in [1.54, 1.807) is 41.7 Å². The third-order valence-electron chi connectivity index (χ3n) is 11.9. The number of aliphatic carboxylic acids is 1. The molecule has 26 nitrogen and oxygen atoms in total. The van der Waals surface area contributed by atoms with E-state index >= 15 is 0 Å². The molecule has 0 spiro atoms. The summed E-state index contributed by atoms with van der Waals surface area (Å²) >= 11 is 0. The van der Waals surface area contributed by atoms with Gasteiger partial charge in [-0.15, -0.1) is 0 Å². The number of rotatable bonds is 30. The quantitative estimate of drug-likeness (QED) is 0.0322. The van der Waals surface area contributed by atoms with Crippen LogP contribution in [0.5, 0.6) is 0 Å². The number of nitrogens with zero attached hydrogens (tertiary/aromatic N) is 1. The zero-order chi connectivity index (χ0) is 54.6. The van der Waals surface area contributed by atoms with Crippen LogP contribution in [0.15, 0.2) is 0 Å². The molecule has 71 heavy (non-hydrogen) atoms. The second-order valence-electron chi connectivity index (χ2n) is 19.0. The highest BCUT2D eigenvalue weighted by Gasteiger charge is 2.38. The SMILES string of the molecule is CC[C@H](C)[C@H](NC(=O)[C@@H]1CCCN1C)C(=O)N[C@H](C(=O)N[C@@H](CO)C(=O)N[C@@H](CCC(N)=O)C(=O)N[C@H](C(=O)N[C@H](C(=O)N[C@@H](C)C(=O)N[C@@H](CC(C)C)C(=O)N[C@@H](C)C(=O)O)[C@@H](C)O)[C@@H](C)O)C(C)C.